The van der Waals surface area contributed by atoms with Gasteiger partial charge in [0.1, 0.15) is 29.5 Å². The molecule has 1 fully saturated rings. The maximum absolute atomic E-state index is 14.6. The molecule has 2 aromatic heterocycles. The molecule has 1 N–H and O–H groups in total. The van der Waals surface area contributed by atoms with Gasteiger partial charge in [-0.1, -0.05) is 0 Å². The van der Waals surface area contributed by atoms with E-state index in [1.165, 1.54) is 11.2 Å². The smallest absolute Gasteiger partial charge is 0.407 e. The maximum atomic E-state index is 14.6. The number of aromatic nitrogens is 1. The number of piperidine rings is 1. The fraction of sp³-hybridized carbons (Fsp3) is 0.286. The van der Waals surface area contributed by atoms with E-state index in [1.807, 2.05) is 6.07 Å². The van der Waals surface area contributed by atoms with Gasteiger partial charge in [0.15, 0.2) is 0 Å². The van der Waals surface area contributed by atoms with E-state index >= 15 is 0 Å². The van der Waals surface area contributed by atoms with Crippen LogP contribution in [0.4, 0.5) is 9.18 Å². The van der Waals surface area contributed by atoms with Crippen molar-refractivity contribution in [2.75, 3.05) is 6.54 Å². The summed E-state index contributed by atoms with van der Waals surface area (Å²) in [4.78, 5) is 17.3. The van der Waals surface area contributed by atoms with Crippen LogP contribution in [0.25, 0.3) is 11.0 Å². The van der Waals surface area contributed by atoms with Crippen molar-refractivity contribution in [2.45, 2.75) is 31.9 Å². The van der Waals surface area contributed by atoms with E-state index in [0.717, 1.165) is 18.9 Å². The van der Waals surface area contributed by atoms with E-state index in [1.54, 1.807) is 24.4 Å². The quantitative estimate of drug-likeness (QED) is 0.692. The van der Waals surface area contributed by atoms with E-state index < -0.39 is 18.0 Å². The summed E-state index contributed by atoms with van der Waals surface area (Å²) in [6.45, 7) is 0.299. The number of carboxylic acid groups (broad SMARTS) is 1. The van der Waals surface area contributed by atoms with Crippen LogP contribution in [0.2, 0.25) is 0 Å². The number of benzene rings is 1. The number of hydrogen-bond donors (Lipinski definition) is 1. The van der Waals surface area contributed by atoms with Crippen molar-refractivity contribution < 1.29 is 23.4 Å². The highest BCUT2D eigenvalue weighted by Crippen LogP contribution is 2.35. The van der Waals surface area contributed by atoms with Gasteiger partial charge in [0.05, 0.1) is 29.5 Å². The zero-order valence-corrected chi connectivity index (χ0v) is 15.5. The van der Waals surface area contributed by atoms with E-state index in [4.69, 9.17) is 9.15 Å². The van der Waals surface area contributed by atoms with Gasteiger partial charge < -0.3 is 14.3 Å². The minimum absolute atomic E-state index is 0.139. The van der Waals surface area contributed by atoms with Crippen molar-refractivity contribution in [3.05, 3.63) is 59.4 Å². The Morgan fingerprint density at radius 3 is 3.10 bits per heavy atom. The predicted molar refractivity (Wildman–Crippen MR) is 101 cm³/mol. The second-order valence-corrected chi connectivity index (χ2v) is 6.82. The lowest BCUT2D eigenvalue weighted by molar-refractivity contribution is 0.103. The van der Waals surface area contributed by atoms with Crippen molar-refractivity contribution in [3.8, 4) is 11.8 Å². The Labute approximate surface area is 165 Å². The average molecular weight is 395 g/mol. The molecule has 0 spiro atoms. The highest BCUT2D eigenvalue weighted by Gasteiger charge is 2.31. The molecule has 3 heterocycles. The summed E-state index contributed by atoms with van der Waals surface area (Å²) >= 11 is 0. The summed E-state index contributed by atoms with van der Waals surface area (Å²) < 4.78 is 25.8. The Morgan fingerprint density at radius 1 is 1.45 bits per heavy atom. The number of carbonyl (C=O) groups is 1. The SMILES string of the molecule is N#Cc1cc(F)c(COc2cccnc2C2CCCCN2C(=O)O)c2occc12. The third kappa shape index (κ3) is 3.47. The van der Waals surface area contributed by atoms with Gasteiger partial charge in [0, 0.05) is 18.1 Å². The lowest BCUT2D eigenvalue weighted by atomic mass is 9.99. The second-order valence-electron chi connectivity index (χ2n) is 6.82. The zero-order valence-electron chi connectivity index (χ0n) is 15.5. The molecule has 1 unspecified atom stereocenters. The zero-order chi connectivity index (χ0) is 20.4. The monoisotopic (exact) mass is 395 g/mol. The Balaban J connectivity index is 1.65. The fourth-order valence-electron chi connectivity index (χ4n) is 3.75. The predicted octanol–water partition coefficient (Wildman–Crippen LogP) is 4.62. The summed E-state index contributed by atoms with van der Waals surface area (Å²) in [5, 5.41) is 19.2. The number of fused-ring (bicyclic) bond motifs is 1. The molecule has 1 aromatic carbocycles. The standard InChI is InChI=1S/C21H18FN3O4/c22-16-10-13(11-23)14-6-9-28-20(14)15(16)12-29-18-5-3-7-24-19(18)17-4-1-2-8-25(17)21(26)27/h3,5-7,9-10,17H,1-2,4,8,12H2,(H,26,27). The Morgan fingerprint density at radius 2 is 2.31 bits per heavy atom. The molecule has 1 aliphatic heterocycles. The maximum Gasteiger partial charge on any atom is 0.407 e. The summed E-state index contributed by atoms with van der Waals surface area (Å²) in [5.74, 6) is -0.201. The van der Waals surface area contributed by atoms with Gasteiger partial charge in [0.25, 0.3) is 0 Å². The first kappa shape index (κ1) is 18.7. The molecule has 0 radical (unpaired) electrons. The van der Waals surface area contributed by atoms with Crippen LogP contribution >= 0.6 is 0 Å². The van der Waals surface area contributed by atoms with Crippen molar-refractivity contribution >= 4 is 17.1 Å². The third-order valence-electron chi connectivity index (χ3n) is 5.15. The number of nitriles is 1. The molecule has 3 aromatic rings. The molecule has 1 amide bonds. The van der Waals surface area contributed by atoms with Crippen LogP contribution in [-0.2, 0) is 6.61 Å². The fourth-order valence-corrected chi connectivity index (χ4v) is 3.75. The summed E-state index contributed by atoms with van der Waals surface area (Å²) in [5.41, 5.74) is 1.16. The molecule has 1 atom stereocenters. The molecule has 4 rings (SSSR count). The first-order chi connectivity index (χ1) is 14.1. The van der Waals surface area contributed by atoms with Crippen LogP contribution in [0.15, 0.2) is 41.1 Å². The third-order valence-corrected chi connectivity index (χ3v) is 5.15. The number of pyridine rings is 1. The molecule has 8 heteroatoms. The molecule has 0 bridgehead atoms. The summed E-state index contributed by atoms with van der Waals surface area (Å²) in [7, 11) is 0. The number of hydrogen-bond acceptors (Lipinski definition) is 5. The minimum atomic E-state index is -0.998. The Bertz CT molecular complexity index is 1100. The van der Waals surface area contributed by atoms with E-state index in [0.29, 0.717) is 29.8 Å². The van der Waals surface area contributed by atoms with Crippen LogP contribution in [-0.4, -0.2) is 27.6 Å². The highest BCUT2D eigenvalue weighted by atomic mass is 19.1. The largest absolute Gasteiger partial charge is 0.487 e. The van der Waals surface area contributed by atoms with E-state index in [2.05, 4.69) is 4.98 Å². The van der Waals surface area contributed by atoms with Gasteiger partial charge in [-0.3, -0.25) is 9.88 Å². The first-order valence-corrected chi connectivity index (χ1v) is 9.26. The van der Waals surface area contributed by atoms with Gasteiger partial charge in [-0.15, -0.1) is 0 Å². The van der Waals surface area contributed by atoms with Gasteiger partial charge in [-0.25, -0.2) is 9.18 Å². The van der Waals surface area contributed by atoms with Gasteiger partial charge >= 0.3 is 6.09 Å². The van der Waals surface area contributed by atoms with Crippen LogP contribution in [0.1, 0.15) is 42.1 Å². The molecule has 1 aliphatic rings. The summed E-state index contributed by atoms with van der Waals surface area (Å²) in [6, 6.07) is 7.69. The van der Waals surface area contributed by atoms with Crippen molar-refractivity contribution in [3.63, 3.8) is 0 Å². The molecular formula is C21H18FN3O4. The van der Waals surface area contributed by atoms with Crippen molar-refractivity contribution in [1.29, 1.82) is 5.26 Å². The molecule has 29 heavy (non-hydrogen) atoms. The van der Waals surface area contributed by atoms with Crippen molar-refractivity contribution in [2.24, 2.45) is 0 Å². The topological polar surface area (TPSA) is 99.6 Å². The minimum Gasteiger partial charge on any atom is -0.487 e. The van der Waals surface area contributed by atoms with E-state index in [-0.39, 0.29) is 23.3 Å². The Hall–Kier alpha value is -3.60. The van der Waals surface area contributed by atoms with Gasteiger partial charge in [-0.2, -0.15) is 5.26 Å². The van der Waals surface area contributed by atoms with Gasteiger partial charge in [0.2, 0.25) is 0 Å². The number of likely N-dealkylation sites (tertiary alicyclic amines) is 1. The number of rotatable bonds is 4. The van der Waals surface area contributed by atoms with Gasteiger partial charge in [-0.05, 0) is 43.5 Å². The van der Waals surface area contributed by atoms with Crippen LogP contribution in [0.3, 0.4) is 0 Å². The number of nitrogens with zero attached hydrogens (tertiary/aromatic N) is 3. The van der Waals surface area contributed by atoms with E-state index in [9.17, 15) is 19.6 Å². The van der Waals surface area contributed by atoms with Crippen LogP contribution in [0, 0.1) is 17.1 Å². The number of amides is 1. The highest BCUT2D eigenvalue weighted by molar-refractivity contribution is 5.86. The molecule has 0 aliphatic carbocycles. The summed E-state index contributed by atoms with van der Waals surface area (Å²) in [6.07, 6.45) is 4.33. The average Bonchev–Trinajstić information content (AvgIpc) is 3.22. The Kier molecular flexibility index (Phi) is 5.04. The second kappa shape index (κ2) is 7.80. The van der Waals surface area contributed by atoms with Crippen molar-refractivity contribution in [1.82, 2.24) is 9.88 Å². The number of ether oxygens (including phenoxy) is 1. The first-order valence-electron chi connectivity index (χ1n) is 9.26. The lowest BCUT2D eigenvalue weighted by Crippen LogP contribution is -2.38. The normalized spacial score (nSPS) is 16.6. The lowest BCUT2D eigenvalue weighted by Gasteiger charge is -2.33. The molecule has 0 saturated carbocycles. The van der Waals surface area contributed by atoms with Crippen LogP contribution < -0.4 is 4.74 Å². The number of halogens is 1. The number of furan rings is 1. The molecule has 148 valence electrons. The molecule has 1 saturated heterocycles. The molecule has 7 nitrogen and oxygen atoms in total. The molecular weight excluding hydrogens is 377 g/mol. The van der Waals surface area contributed by atoms with Crippen LogP contribution in [0.5, 0.6) is 5.75 Å².